The molecule has 1 aromatic carbocycles. The lowest BCUT2D eigenvalue weighted by atomic mass is 9.89. The molecule has 0 N–H and O–H groups in total. The van der Waals surface area contributed by atoms with Gasteiger partial charge in [0, 0.05) is 24.4 Å². The molecule has 0 unspecified atom stereocenters. The molecule has 1 fully saturated rings. The van der Waals surface area contributed by atoms with Crippen molar-refractivity contribution in [1.82, 2.24) is 4.90 Å². The number of oxime groups is 1. The lowest BCUT2D eigenvalue weighted by Gasteiger charge is -2.41. The van der Waals surface area contributed by atoms with Gasteiger partial charge >= 0.3 is 5.97 Å². The van der Waals surface area contributed by atoms with Crippen LogP contribution in [0, 0.1) is 0 Å². The highest BCUT2D eigenvalue weighted by Crippen LogP contribution is 2.24. The molecular weight excluding hydrogens is 376 g/mol. The highest BCUT2D eigenvalue weighted by Gasteiger charge is 2.35. The van der Waals surface area contributed by atoms with E-state index >= 15 is 0 Å². The van der Waals surface area contributed by atoms with Gasteiger partial charge in [0.05, 0.1) is 25.4 Å². The Labute approximate surface area is 173 Å². The number of benzene rings is 1. The van der Waals surface area contributed by atoms with Gasteiger partial charge in [0.25, 0.3) is 0 Å². The number of morpholine rings is 1. The molecule has 1 aliphatic rings. The average molecular weight is 409 g/mol. The summed E-state index contributed by atoms with van der Waals surface area (Å²) in [4.78, 5) is 19.6. The Kier molecular flexibility index (Phi) is 9.28. The van der Waals surface area contributed by atoms with E-state index in [0.717, 1.165) is 42.8 Å². The molecule has 1 aliphatic heterocycles. The molecule has 0 bridgehead atoms. The van der Waals surface area contributed by atoms with E-state index in [1.54, 1.807) is 0 Å². The number of unbranched alkanes of at least 4 members (excludes halogenated alkanes) is 1. The third kappa shape index (κ3) is 6.50. The smallest absolute Gasteiger partial charge is 0.347 e. The predicted octanol–water partition coefficient (Wildman–Crippen LogP) is 3.29. The molecule has 0 saturated carbocycles. The van der Waals surface area contributed by atoms with E-state index < -0.39 is 5.97 Å². The van der Waals surface area contributed by atoms with Gasteiger partial charge in [-0.15, -0.1) is 0 Å². The van der Waals surface area contributed by atoms with Gasteiger partial charge in [-0.1, -0.05) is 42.8 Å². The van der Waals surface area contributed by atoms with Crippen LogP contribution in [-0.4, -0.2) is 61.6 Å². The number of carbonyl (C=O) groups excluding carboxylic acids is 1. The quantitative estimate of drug-likeness (QED) is 0.212. The predicted molar refractivity (Wildman–Crippen MR) is 114 cm³/mol. The second-order valence-electron chi connectivity index (χ2n) is 7.30. The van der Waals surface area contributed by atoms with Gasteiger partial charge < -0.3 is 14.3 Å². The molecule has 0 amide bonds. The Balaban J connectivity index is 2.16. The standard InChI is InChI=1S/C21H32N2O4S/c1-4-5-12-26-19(24)15-27-22-20(18-8-6-17(16-28)7-9-18)21(2,3)23-10-13-25-14-11-23/h6-9,28H,4-5,10-16H2,1-3H3/b22-20-. The van der Waals surface area contributed by atoms with Gasteiger partial charge in [-0.25, -0.2) is 4.79 Å². The number of nitrogens with zero attached hydrogens (tertiary/aromatic N) is 2. The number of hydrogen-bond acceptors (Lipinski definition) is 7. The van der Waals surface area contributed by atoms with E-state index in [-0.39, 0.29) is 12.1 Å². The normalized spacial score (nSPS) is 16.1. The second kappa shape index (κ2) is 11.4. The lowest BCUT2D eigenvalue weighted by Crippen LogP contribution is -2.54. The first-order valence-electron chi connectivity index (χ1n) is 9.88. The molecule has 156 valence electrons. The van der Waals surface area contributed by atoms with Crippen molar-refractivity contribution in [3.63, 3.8) is 0 Å². The summed E-state index contributed by atoms with van der Waals surface area (Å²) in [5.41, 5.74) is 2.50. The first kappa shape index (κ1) is 22.7. The van der Waals surface area contributed by atoms with Crippen molar-refractivity contribution in [3.8, 4) is 0 Å². The third-order valence-electron chi connectivity index (χ3n) is 4.89. The summed E-state index contributed by atoms with van der Waals surface area (Å²) in [5.74, 6) is 0.283. The van der Waals surface area contributed by atoms with Crippen molar-refractivity contribution in [2.45, 2.75) is 44.9 Å². The Morgan fingerprint density at radius 1 is 1.25 bits per heavy atom. The molecule has 7 heteroatoms. The summed E-state index contributed by atoms with van der Waals surface area (Å²) in [6, 6.07) is 8.11. The lowest BCUT2D eigenvalue weighted by molar-refractivity contribution is -0.149. The number of esters is 1. The molecule has 0 aromatic heterocycles. The molecule has 6 nitrogen and oxygen atoms in total. The van der Waals surface area contributed by atoms with E-state index in [4.69, 9.17) is 14.3 Å². The van der Waals surface area contributed by atoms with Crippen LogP contribution < -0.4 is 0 Å². The van der Waals surface area contributed by atoms with Gasteiger partial charge in [0.2, 0.25) is 6.61 Å². The molecule has 2 rings (SSSR count). The minimum atomic E-state index is -0.397. The summed E-state index contributed by atoms with van der Waals surface area (Å²) in [6.07, 6.45) is 1.83. The summed E-state index contributed by atoms with van der Waals surface area (Å²) < 4.78 is 10.6. The second-order valence-corrected chi connectivity index (χ2v) is 7.62. The Morgan fingerprint density at radius 3 is 2.54 bits per heavy atom. The molecule has 1 heterocycles. The zero-order valence-electron chi connectivity index (χ0n) is 17.1. The Hall–Kier alpha value is -1.57. The van der Waals surface area contributed by atoms with Crippen LogP contribution in [0.25, 0.3) is 0 Å². The van der Waals surface area contributed by atoms with Crippen molar-refractivity contribution in [1.29, 1.82) is 0 Å². The Bertz CT molecular complexity index is 640. The fraction of sp³-hybridized carbons (Fsp3) is 0.619. The molecule has 1 saturated heterocycles. The summed E-state index contributed by atoms with van der Waals surface area (Å²) >= 11 is 4.32. The van der Waals surface area contributed by atoms with E-state index in [9.17, 15) is 4.79 Å². The van der Waals surface area contributed by atoms with E-state index in [1.807, 2.05) is 31.2 Å². The van der Waals surface area contributed by atoms with Crippen LogP contribution in [0.3, 0.4) is 0 Å². The van der Waals surface area contributed by atoms with Crippen LogP contribution in [0.2, 0.25) is 0 Å². The average Bonchev–Trinajstić information content (AvgIpc) is 2.72. The van der Waals surface area contributed by atoms with E-state index in [1.165, 1.54) is 0 Å². The number of carbonyl (C=O) groups is 1. The zero-order chi connectivity index (χ0) is 20.4. The number of hydrogen-bond donors (Lipinski definition) is 1. The minimum absolute atomic E-state index is 0.193. The molecular formula is C21H32N2O4S. The van der Waals surface area contributed by atoms with Crippen LogP contribution in [-0.2, 0) is 24.9 Å². The van der Waals surface area contributed by atoms with E-state index in [0.29, 0.717) is 25.6 Å². The van der Waals surface area contributed by atoms with Gasteiger partial charge in [0.15, 0.2) is 0 Å². The van der Waals surface area contributed by atoms with Crippen molar-refractivity contribution < 1.29 is 19.1 Å². The summed E-state index contributed by atoms with van der Waals surface area (Å²) in [7, 11) is 0. The van der Waals surface area contributed by atoms with Crippen LogP contribution >= 0.6 is 12.6 Å². The molecule has 1 aromatic rings. The van der Waals surface area contributed by atoms with E-state index in [2.05, 4.69) is 36.5 Å². The number of ether oxygens (including phenoxy) is 2. The van der Waals surface area contributed by atoms with Crippen LogP contribution in [0.4, 0.5) is 0 Å². The number of rotatable bonds is 10. The first-order valence-corrected chi connectivity index (χ1v) is 10.5. The summed E-state index contributed by atoms with van der Waals surface area (Å²) in [5, 5.41) is 4.38. The fourth-order valence-corrected chi connectivity index (χ4v) is 3.29. The van der Waals surface area contributed by atoms with Crippen LogP contribution in [0.5, 0.6) is 0 Å². The van der Waals surface area contributed by atoms with Crippen molar-refractivity contribution in [2.75, 3.05) is 39.5 Å². The monoisotopic (exact) mass is 408 g/mol. The van der Waals surface area contributed by atoms with Gasteiger partial charge in [-0.2, -0.15) is 12.6 Å². The molecule has 0 aliphatic carbocycles. The third-order valence-corrected chi connectivity index (χ3v) is 5.26. The van der Waals surface area contributed by atoms with Crippen molar-refractivity contribution >= 4 is 24.3 Å². The van der Waals surface area contributed by atoms with Crippen LogP contribution in [0.1, 0.15) is 44.7 Å². The summed E-state index contributed by atoms with van der Waals surface area (Å²) in [6.45, 7) is 9.53. The Morgan fingerprint density at radius 2 is 1.93 bits per heavy atom. The van der Waals surface area contributed by atoms with Crippen LogP contribution in [0.15, 0.2) is 29.4 Å². The van der Waals surface area contributed by atoms with Crippen molar-refractivity contribution in [3.05, 3.63) is 35.4 Å². The SMILES string of the molecule is CCCCOC(=O)CO/N=C(/c1ccc(CS)cc1)C(C)(C)N1CCOCC1. The molecule has 28 heavy (non-hydrogen) atoms. The highest BCUT2D eigenvalue weighted by atomic mass is 32.1. The maximum Gasteiger partial charge on any atom is 0.347 e. The maximum atomic E-state index is 11.8. The number of thiol groups is 1. The largest absolute Gasteiger partial charge is 0.463 e. The highest BCUT2D eigenvalue weighted by molar-refractivity contribution is 7.79. The minimum Gasteiger partial charge on any atom is -0.463 e. The first-order chi connectivity index (χ1) is 13.5. The molecule has 0 atom stereocenters. The zero-order valence-corrected chi connectivity index (χ0v) is 18.0. The molecule has 0 radical (unpaired) electrons. The van der Waals surface area contributed by atoms with Gasteiger partial charge in [-0.3, -0.25) is 4.90 Å². The van der Waals surface area contributed by atoms with Crippen molar-refractivity contribution in [2.24, 2.45) is 5.16 Å². The maximum absolute atomic E-state index is 11.8. The fourth-order valence-electron chi connectivity index (χ4n) is 3.08. The van der Waals surface area contributed by atoms with Gasteiger partial charge in [0.1, 0.15) is 5.71 Å². The van der Waals surface area contributed by atoms with Gasteiger partial charge in [-0.05, 0) is 25.8 Å². The topological polar surface area (TPSA) is 60.4 Å². The molecule has 0 spiro atoms.